The van der Waals surface area contributed by atoms with Crippen molar-refractivity contribution < 1.29 is 19.1 Å². The highest BCUT2D eigenvalue weighted by Gasteiger charge is 2.20. The quantitative estimate of drug-likeness (QED) is 0.838. The number of benzene rings is 2. The Morgan fingerprint density at radius 1 is 1.38 bits per heavy atom. The first-order valence-corrected chi connectivity index (χ1v) is 8.17. The Hall–Kier alpha value is -2.54. The average molecular weight is 391 g/mol. The molecule has 3 rings (SSSR count). The normalized spacial score (nSPS) is 12.7. The van der Waals surface area contributed by atoms with Crippen molar-refractivity contribution in [3.63, 3.8) is 0 Å². The first-order chi connectivity index (χ1) is 11.6. The number of carbonyl (C=O) groups is 2. The van der Waals surface area contributed by atoms with Gasteiger partial charge in [-0.3, -0.25) is 9.59 Å². The van der Waals surface area contributed by atoms with Crippen LogP contribution in [0.15, 0.2) is 40.9 Å². The fourth-order valence-corrected chi connectivity index (χ4v) is 2.76. The topological polar surface area (TPSA) is 76.7 Å². The minimum Gasteiger partial charge on any atom is -0.493 e. The van der Waals surface area contributed by atoms with Gasteiger partial charge in [-0.05, 0) is 41.1 Å². The molecule has 124 valence electrons. The number of fused-ring (bicyclic) bond motifs is 1. The van der Waals surface area contributed by atoms with E-state index in [0.717, 1.165) is 0 Å². The Morgan fingerprint density at radius 3 is 2.96 bits per heavy atom. The molecule has 2 aromatic rings. The summed E-state index contributed by atoms with van der Waals surface area (Å²) in [6.07, 6.45) is 0. The summed E-state index contributed by atoms with van der Waals surface area (Å²) in [6.45, 7) is 2.29. The zero-order valence-electron chi connectivity index (χ0n) is 12.9. The maximum atomic E-state index is 12.6. The molecule has 1 aliphatic rings. The molecule has 0 atom stereocenters. The predicted octanol–water partition coefficient (Wildman–Crippen LogP) is 3.43. The molecule has 0 aromatic heterocycles. The first-order valence-electron chi connectivity index (χ1n) is 7.38. The summed E-state index contributed by atoms with van der Waals surface area (Å²) in [5.41, 5.74) is 1.55. The molecular weight excluding hydrogens is 376 g/mol. The molecule has 2 amide bonds. The SMILES string of the molecule is CCOc1ccccc1C(=O)Nc1cc2c(cc1Br)NC(=O)CO2. The molecule has 1 aliphatic heterocycles. The fraction of sp³-hybridized carbons (Fsp3) is 0.176. The second-order valence-corrected chi connectivity index (χ2v) is 5.90. The van der Waals surface area contributed by atoms with Crippen molar-refractivity contribution in [3.8, 4) is 11.5 Å². The molecule has 6 nitrogen and oxygen atoms in total. The van der Waals surface area contributed by atoms with Gasteiger partial charge in [0.15, 0.2) is 6.61 Å². The highest BCUT2D eigenvalue weighted by molar-refractivity contribution is 9.10. The van der Waals surface area contributed by atoms with Gasteiger partial charge in [0.25, 0.3) is 11.8 Å². The van der Waals surface area contributed by atoms with Gasteiger partial charge in [-0.1, -0.05) is 12.1 Å². The van der Waals surface area contributed by atoms with E-state index < -0.39 is 0 Å². The summed E-state index contributed by atoms with van der Waals surface area (Å²) in [5, 5.41) is 5.54. The van der Waals surface area contributed by atoms with Crippen molar-refractivity contribution in [2.45, 2.75) is 6.92 Å². The molecule has 0 unspecified atom stereocenters. The highest BCUT2D eigenvalue weighted by Crippen LogP contribution is 2.36. The molecule has 7 heteroatoms. The number of carbonyl (C=O) groups excluding carboxylic acids is 2. The van der Waals surface area contributed by atoms with E-state index in [1.165, 1.54) is 0 Å². The van der Waals surface area contributed by atoms with Crippen LogP contribution in [0.3, 0.4) is 0 Å². The van der Waals surface area contributed by atoms with Gasteiger partial charge < -0.3 is 20.1 Å². The third-order valence-electron chi connectivity index (χ3n) is 3.38. The highest BCUT2D eigenvalue weighted by atomic mass is 79.9. The van der Waals surface area contributed by atoms with E-state index in [-0.39, 0.29) is 18.4 Å². The lowest BCUT2D eigenvalue weighted by Gasteiger charge is -2.20. The number of hydrogen-bond acceptors (Lipinski definition) is 4. The Labute approximate surface area is 147 Å². The lowest BCUT2D eigenvalue weighted by molar-refractivity contribution is -0.118. The van der Waals surface area contributed by atoms with Crippen molar-refractivity contribution >= 4 is 39.1 Å². The Bertz CT molecular complexity index is 807. The van der Waals surface area contributed by atoms with Crippen molar-refractivity contribution in [2.75, 3.05) is 23.8 Å². The molecule has 0 fully saturated rings. The van der Waals surface area contributed by atoms with E-state index in [2.05, 4.69) is 26.6 Å². The monoisotopic (exact) mass is 390 g/mol. The lowest BCUT2D eigenvalue weighted by atomic mass is 10.1. The van der Waals surface area contributed by atoms with E-state index in [1.54, 1.807) is 30.3 Å². The third-order valence-corrected chi connectivity index (χ3v) is 4.04. The smallest absolute Gasteiger partial charge is 0.262 e. The Morgan fingerprint density at radius 2 is 2.17 bits per heavy atom. The van der Waals surface area contributed by atoms with Crippen LogP contribution in [0.5, 0.6) is 11.5 Å². The second kappa shape index (κ2) is 6.92. The summed E-state index contributed by atoms with van der Waals surface area (Å²) in [6, 6.07) is 10.4. The van der Waals surface area contributed by atoms with Crippen LogP contribution in [0.2, 0.25) is 0 Å². The van der Waals surface area contributed by atoms with Crippen molar-refractivity contribution in [2.24, 2.45) is 0 Å². The number of ether oxygens (including phenoxy) is 2. The fourth-order valence-electron chi connectivity index (χ4n) is 2.32. The number of para-hydroxylation sites is 1. The molecule has 2 N–H and O–H groups in total. The van der Waals surface area contributed by atoms with Crippen LogP contribution < -0.4 is 20.1 Å². The molecule has 0 saturated carbocycles. The second-order valence-electron chi connectivity index (χ2n) is 5.05. The van der Waals surface area contributed by atoms with Crippen LogP contribution >= 0.6 is 15.9 Å². The van der Waals surface area contributed by atoms with Crippen LogP contribution in [0.1, 0.15) is 17.3 Å². The van der Waals surface area contributed by atoms with Gasteiger partial charge in [-0.25, -0.2) is 0 Å². The molecule has 1 heterocycles. The van der Waals surface area contributed by atoms with Crippen LogP contribution in [0, 0.1) is 0 Å². The maximum Gasteiger partial charge on any atom is 0.262 e. The molecule has 0 bridgehead atoms. The van der Waals surface area contributed by atoms with Gasteiger partial charge in [0.05, 0.1) is 23.5 Å². The van der Waals surface area contributed by atoms with Crippen LogP contribution in [-0.4, -0.2) is 25.0 Å². The average Bonchev–Trinajstić information content (AvgIpc) is 2.56. The van der Waals surface area contributed by atoms with E-state index in [1.807, 2.05) is 13.0 Å². The van der Waals surface area contributed by atoms with Gasteiger partial charge in [0.2, 0.25) is 0 Å². The molecule has 0 saturated heterocycles. The standard InChI is InChI=1S/C17H15BrN2O4/c1-2-23-14-6-4-3-5-10(14)17(22)20-12-8-15-13(7-11(12)18)19-16(21)9-24-15/h3-8H,2,9H2,1H3,(H,19,21)(H,20,22). The molecule has 0 spiro atoms. The predicted molar refractivity (Wildman–Crippen MR) is 93.8 cm³/mol. The number of halogens is 1. The number of amides is 2. The Balaban J connectivity index is 1.86. The van der Waals surface area contributed by atoms with Crippen LogP contribution in [-0.2, 0) is 4.79 Å². The van der Waals surface area contributed by atoms with E-state index in [0.29, 0.717) is 39.5 Å². The summed E-state index contributed by atoms with van der Waals surface area (Å²) < 4.78 is 11.5. The van der Waals surface area contributed by atoms with E-state index >= 15 is 0 Å². The maximum absolute atomic E-state index is 12.6. The van der Waals surface area contributed by atoms with E-state index in [9.17, 15) is 9.59 Å². The van der Waals surface area contributed by atoms with Crippen molar-refractivity contribution in [1.29, 1.82) is 0 Å². The zero-order chi connectivity index (χ0) is 17.1. The summed E-state index contributed by atoms with van der Waals surface area (Å²) >= 11 is 3.39. The number of nitrogens with one attached hydrogen (secondary N) is 2. The van der Waals surface area contributed by atoms with E-state index in [4.69, 9.17) is 9.47 Å². The third kappa shape index (κ3) is 3.35. The Kier molecular flexibility index (Phi) is 4.71. The number of anilines is 2. The molecular formula is C17H15BrN2O4. The summed E-state index contributed by atoms with van der Waals surface area (Å²) in [4.78, 5) is 23.9. The largest absolute Gasteiger partial charge is 0.493 e. The minimum atomic E-state index is -0.292. The van der Waals surface area contributed by atoms with Gasteiger partial charge >= 0.3 is 0 Å². The summed E-state index contributed by atoms with van der Waals surface area (Å²) in [7, 11) is 0. The lowest BCUT2D eigenvalue weighted by Crippen LogP contribution is -2.25. The zero-order valence-corrected chi connectivity index (χ0v) is 14.5. The summed E-state index contributed by atoms with van der Waals surface area (Å²) in [5.74, 6) is 0.526. The number of hydrogen-bond donors (Lipinski definition) is 2. The van der Waals surface area contributed by atoms with Crippen molar-refractivity contribution in [3.05, 3.63) is 46.4 Å². The van der Waals surface area contributed by atoms with Gasteiger partial charge in [-0.15, -0.1) is 0 Å². The van der Waals surface area contributed by atoms with Gasteiger partial charge in [0.1, 0.15) is 11.5 Å². The first kappa shape index (κ1) is 16.3. The molecule has 24 heavy (non-hydrogen) atoms. The van der Waals surface area contributed by atoms with Crippen LogP contribution in [0.4, 0.5) is 11.4 Å². The molecule has 0 aliphatic carbocycles. The van der Waals surface area contributed by atoms with Gasteiger partial charge in [0, 0.05) is 10.5 Å². The molecule has 0 radical (unpaired) electrons. The number of rotatable bonds is 4. The minimum absolute atomic E-state index is 0.0464. The van der Waals surface area contributed by atoms with Crippen molar-refractivity contribution in [1.82, 2.24) is 0 Å². The van der Waals surface area contributed by atoms with Crippen LogP contribution in [0.25, 0.3) is 0 Å². The van der Waals surface area contributed by atoms with Gasteiger partial charge in [-0.2, -0.15) is 0 Å². The molecule has 2 aromatic carbocycles.